The third kappa shape index (κ3) is 2.82. The Morgan fingerprint density at radius 3 is 2.90 bits per heavy atom. The summed E-state index contributed by atoms with van der Waals surface area (Å²) in [6.07, 6.45) is 4.09. The molecule has 4 nitrogen and oxygen atoms in total. The van der Waals surface area contributed by atoms with E-state index in [4.69, 9.17) is 22.4 Å². The van der Waals surface area contributed by atoms with Crippen molar-refractivity contribution in [2.45, 2.75) is 32.4 Å². The summed E-state index contributed by atoms with van der Waals surface area (Å²) < 4.78 is 5.45. The second kappa shape index (κ2) is 5.25. The minimum Gasteiger partial charge on any atom is -0.467 e. The number of hydrogen-bond donors (Lipinski definition) is 1. The van der Waals surface area contributed by atoms with Gasteiger partial charge in [0, 0.05) is 17.3 Å². The fourth-order valence-electron chi connectivity index (χ4n) is 2.29. The van der Waals surface area contributed by atoms with E-state index in [0.29, 0.717) is 11.0 Å². The van der Waals surface area contributed by atoms with Crippen molar-refractivity contribution in [3.8, 4) is 0 Å². The van der Waals surface area contributed by atoms with Crippen molar-refractivity contribution in [3.05, 3.63) is 47.5 Å². The molecule has 0 atom stereocenters. The molecule has 1 aliphatic carbocycles. The largest absolute Gasteiger partial charge is 0.467 e. The highest BCUT2D eigenvalue weighted by Gasteiger charge is 2.31. The van der Waals surface area contributed by atoms with Crippen LogP contribution in [0.4, 0.5) is 5.82 Å². The maximum absolute atomic E-state index is 5.75. The van der Waals surface area contributed by atoms with Crippen molar-refractivity contribution in [1.82, 2.24) is 4.98 Å². The third-order valence-electron chi connectivity index (χ3n) is 3.41. The van der Waals surface area contributed by atoms with Gasteiger partial charge in [-0.3, -0.25) is 0 Å². The Morgan fingerprint density at radius 2 is 2.30 bits per heavy atom. The van der Waals surface area contributed by atoms with Crippen molar-refractivity contribution in [1.29, 1.82) is 0 Å². The molecule has 0 aliphatic heterocycles. The van der Waals surface area contributed by atoms with Crippen LogP contribution in [0.25, 0.3) is 0 Å². The maximum Gasteiger partial charge on any atom is 0.130 e. The minimum absolute atomic E-state index is 0.408. The highest BCUT2D eigenvalue weighted by molar-refractivity contribution is 7.80. The number of pyridine rings is 1. The molecule has 0 bridgehead atoms. The van der Waals surface area contributed by atoms with E-state index in [9.17, 15) is 0 Å². The van der Waals surface area contributed by atoms with Gasteiger partial charge in [0.05, 0.1) is 12.8 Å². The second-order valence-electron chi connectivity index (χ2n) is 5.16. The van der Waals surface area contributed by atoms with Gasteiger partial charge in [-0.1, -0.05) is 12.2 Å². The smallest absolute Gasteiger partial charge is 0.130 e. The van der Waals surface area contributed by atoms with E-state index in [1.54, 1.807) is 6.26 Å². The Balaban J connectivity index is 1.93. The number of thiocarbonyl (C=S) groups is 1. The molecule has 1 fully saturated rings. The van der Waals surface area contributed by atoms with Crippen LogP contribution in [0, 0.1) is 6.92 Å². The quantitative estimate of drug-likeness (QED) is 0.857. The number of rotatable bonds is 5. The summed E-state index contributed by atoms with van der Waals surface area (Å²) in [4.78, 5) is 7.31. The Labute approximate surface area is 123 Å². The first kappa shape index (κ1) is 13.1. The number of anilines is 1. The van der Waals surface area contributed by atoms with Gasteiger partial charge in [-0.15, -0.1) is 0 Å². The van der Waals surface area contributed by atoms with Crippen LogP contribution in [0.2, 0.25) is 0 Å². The van der Waals surface area contributed by atoms with Crippen molar-refractivity contribution in [3.63, 3.8) is 0 Å². The normalized spacial score (nSPS) is 14.2. The lowest BCUT2D eigenvalue weighted by molar-refractivity contribution is 0.500. The Hall–Kier alpha value is -1.88. The molecule has 0 unspecified atom stereocenters. The minimum atomic E-state index is 0.408. The van der Waals surface area contributed by atoms with E-state index in [-0.39, 0.29) is 0 Å². The van der Waals surface area contributed by atoms with Gasteiger partial charge in [0.1, 0.15) is 16.6 Å². The molecule has 20 heavy (non-hydrogen) atoms. The summed E-state index contributed by atoms with van der Waals surface area (Å²) >= 11 is 5.08. The van der Waals surface area contributed by atoms with Gasteiger partial charge < -0.3 is 15.1 Å². The first-order chi connectivity index (χ1) is 9.63. The average Bonchev–Trinajstić information content (AvgIpc) is 3.12. The molecule has 1 aliphatic rings. The van der Waals surface area contributed by atoms with E-state index in [2.05, 4.69) is 9.88 Å². The third-order valence-corrected chi connectivity index (χ3v) is 3.65. The van der Waals surface area contributed by atoms with Gasteiger partial charge in [0.15, 0.2) is 0 Å². The SMILES string of the molecule is Cc1cc(C(N)=S)cc(N(Cc2ccco2)C2CC2)n1. The molecule has 0 radical (unpaired) electrons. The zero-order valence-corrected chi connectivity index (χ0v) is 12.2. The van der Waals surface area contributed by atoms with Crippen LogP contribution in [0.5, 0.6) is 0 Å². The van der Waals surface area contributed by atoms with E-state index in [1.165, 1.54) is 12.8 Å². The van der Waals surface area contributed by atoms with E-state index >= 15 is 0 Å². The molecular formula is C15H17N3OS. The molecule has 104 valence electrons. The number of nitrogens with zero attached hydrogens (tertiary/aromatic N) is 2. The van der Waals surface area contributed by atoms with Crippen molar-refractivity contribution >= 4 is 23.0 Å². The molecule has 0 spiro atoms. The molecule has 2 aromatic heterocycles. The average molecular weight is 287 g/mol. The Bertz CT molecular complexity index is 620. The van der Waals surface area contributed by atoms with Crippen LogP contribution in [0.3, 0.4) is 0 Å². The van der Waals surface area contributed by atoms with Gasteiger partial charge >= 0.3 is 0 Å². The first-order valence-corrected chi connectivity index (χ1v) is 7.12. The number of hydrogen-bond acceptors (Lipinski definition) is 4. The predicted octanol–water partition coefficient (Wildman–Crippen LogP) is 2.79. The van der Waals surface area contributed by atoms with Gasteiger partial charge in [-0.25, -0.2) is 4.98 Å². The molecule has 5 heteroatoms. The topological polar surface area (TPSA) is 55.3 Å². The molecule has 2 heterocycles. The zero-order chi connectivity index (χ0) is 14.1. The summed E-state index contributed by atoms with van der Waals surface area (Å²) in [5.74, 6) is 1.86. The Morgan fingerprint density at radius 1 is 1.50 bits per heavy atom. The fraction of sp³-hybridized carbons (Fsp3) is 0.333. The Kier molecular flexibility index (Phi) is 3.44. The molecule has 0 aromatic carbocycles. The number of aryl methyl sites for hydroxylation is 1. The summed E-state index contributed by atoms with van der Waals surface area (Å²) in [6, 6.07) is 8.32. The van der Waals surface area contributed by atoms with Crippen LogP contribution >= 0.6 is 12.2 Å². The summed E-state index contributed by atoms with van der Waals surface area (Å²) in [6.45, 7) is 2.69. The van der Waals surface area contributed by atoms with Gasteiger partial charge in [0.25, 0.3) is 0 Å². The molecular weight excluding hydrogens is 270 g/mol. The molecule has 1 saturated carbocycles. The van der Waals surface area contributed by atoms with Gasteiger partial charge in [0.2, 0.25) is 0 Å². The van der Waals surface area contributed by atoms with Crippen molar-refractivity contribution < 1.29 is 4.42 Å². The summed E-state index contributed by atoms with van der Waals surface area (Å²) in [5.41, 5.74) is 7.54. The molecule has 0 saturated heterocycles. The van der Waals surface area contributed by atoms with Gasteiger partial charge in [-0.2, -0.15) is 0 Å². The van der Waals surface area contributed by atoms with E-state index in [0.717, 1.165) is 29.4 Å². The van der Waals surface area contributed by atoms with Crippen LogP contribution < -0.4 is 10.6 Å². The number of furan rings is 1. The first-order valence-electron chi connectivity index (χ1n) is 6.71. The lowest BCUT2D eigenvalue weighted by Crippen LogP contribution is -2.26. The number of nitrogens with two attached hydrogens (primary N) is 1. The monoisotopic (exact) mass is 287 g/mol. The van der Waals surface area contributed by atoms with E-state index in [1.807, 2.05) is 31.2 Å². The predicted molar refractivity (Wildman–Crippen MR) is 82.8 cm³/mol. The van der Waals surface area contributed by atoms with E-state index < -0.39 is 0 Å². The molecule has 3 rings (SSSR count). The highest BCUT2D eigenvalue weighted by atomic mass is 32.1. The zero-order valence-electron chi connectivity index (χ0n) is 11.4. The van der Waals surface area contributed by atoms with Crippen molar-refractivity contribution in [2.24, 2.45) is 5.73 Å². The summed E-state index contributed by atoms with van der Waals surface area (Å²) in [7, 11) is 0. The summed E-state index contributed by atoms with van der Waals surface area (Å²) in [5, 5.41) is 0. The molecule has 0 amide bonds. The van der Waals surface area contributed by atoms with Crippen LogP contribution in [-0.2, 0) is 6.54 Å². The fourth-order valence-corrected chi connectivity index (χ4v) is 2.41. The second-order valence-corrected chi connectivity index (χ2v) is 5.60. The standard InChI is InChI=1S/C15H17N3OS/c1-10-7-11(15(16)20)8-14(17-10)18(12-4-5-12)9-13-3-2-6-19-13/h2-3,6-8,12H,4-5,9H2,1H3,(H2,16,20). The lowest BCUT2D eigenvalue weighted by Gasteiger charge is -2.23. The lowest BCUT2D eigenvalue weighted by atomic mass is 10.2. The van der Waals surface area contributed by atoms with Crippen molar-refractivity contribution in [2.75, 3.05) is 4.90 Å². The highest BCUT2D eigenvalue weighted by Crippen LogP contribution is 2.32. The maximum atomic E-state index is 5.75. The van der Waals surface area contributed by atoms with Crippen LogP contribution in [0.15, 0.2) is 34.9 Å². The van der Waals surface area contributed by atoms with Crippen LogP contribution in [-0.4, -0.2) is 16.0 Å². The van der Waals surface area contributed by atoms with Gasteiger partial charge in [-0.05, 0) is 44.0 Å². The molecule has 2 N–H and O–H groups in total. The number of aromatic nitrogens is 1. The molecule has 2 aromatic rings. The van der Waals surface area contributed by atoms with Crippen LogP contribution in [0.1, 0.15) is 29.9 Å².